The van der Waals surface area contributed by atoms with Crippen LogP contribution in [0.2, 0.25) is 0 Å². The molecule has 0 aliphatic rings. The van der Waals surface area contributed by atoms with Crippen molar-refractivity contribution in [2.75, 3.05) is 0 Å². The SMILES string of the molecule is ONC(=S)c1ccc2cccnc2c1. The zero-order chi connectivity index (χ0) is 9.97. The summed E-state index contributed by atoms with van der Waals surface area (Å²) < 4.78 is 0. The van der Waals surface area contributed by atoms with Gasteiger partial charge in [-0.1, -0.05) is 30.4 Å². The van der Waals surface area contributed by atoms with E-state index >= 15 is 0 Å². The standard InChI is InChI=1S/C10H8N2OS/c13-12-10(14)8-4-3-7-2-1-5-11-9(7)6-8/h1-6,13H,(H,12,14). The van der Waals surface area contributed by atoms with Crippen molar-refractivity contribution < 1.29 is 5.21 Å². The lowest BCUT2D eigenvalue weighted by atomic mass is 10.1. The van der Waals surface area contributed by atoms with Crippen LogP contribution < -0.4 is 5.48 Å². The number of fused-ring (bicyclic) bond motifs is 1. The molecule has 0 aliphatic carbocycles. The van der Waals surface area contributed by atoms with E-state index in [0.717, 1.165) is 16.5 Å². The van der Waals surface area contributed by atoms with Crippen molar-refractivity contribution in [3.8, 4) is 0 Å². The van der Waals surface area contributed by atoms with E-state index in [4.69, 9.17) is 17.4 Å². The average molecular weight is 204 g/mol. The molecule has 4 heteroatoms. The third kappa shape index (κ3) is 1.57. The molecule has 0 unspecified atom stereocenters. The molecule has 2 aromatic rings. The van der Waals surface area contributed by atoms with Crippen molar-refractivity contribution in [2.24, 2.45) is 0 Å². The van der Waals surface area contributed by atoms with Gasteiger partial charge in [-0.25, -0.2) is 0 Å². The summed E-state index contributed by atoms with van der Waals surface area (Å²) in [5.41, 5.74) is 3.57. The molecule has 0 amide bonds. The Morgan fingerprint density at radius 2 is 2.21 bits per heavy atom. The molecular weight excluding hydrogens is 196 g/mol. The van der Waals surface area contributed by atoms with Crippen molar-refractivity contribution in [2.45, 2.75) is 0 Å². The van der Waals surface area contributed by atoms with Crippen LogP contribution >= 0.6 is 12.2 Å². The van der Waals surface area contributed by atoms with Gasteiger partial charge in [-0.2, -0.15) is 0 Å². The molecule has 1 heterocycles. The van der Waals surface area contributed by atoms with E-state index in [1.807, 2.05) is 35.8 Å². The van der Waals surface area contributed by atoms with E-state index in [9.17, 15) is 0 Å². The van der Waals surface area contributed by atoms with Gasteiger partial charge in [0.25, 0.3) is 0 Å². The fourth-order valence-corrected chi connectivity index (χ4v) is 1.40. The van der Waals surface area contributed by atoms with Gasteiger partial charge in [-0.3, -0.25) is 15.7 Å². The second-order valence-electron chi connectivity index (χ2n) is 2.85. The van der Waals surface area contributed by atoms with Crippen LogP contribution in [0.1, 0.15) is 5.56 Å². The Hall–Kier alpha value is -1.52. The summed E-state index contributed by atoms with van der Waals surface area (Å²) in [6.07, 6.45) is 1.72. The number of nitrogens with one attached hydrogen (secondary N) is 1. The van der Waals surface area contributed by atoms with Crippen molar-refractivity contribution in [1.29, 1.82) is 0 Å². The lowest BCUT2D eigenvalue weighted by Gasteiger charge is -2.02. The van der Waals surface area contributed by atoms with Crippen LogP contribution in [0.15, 0.2) is 36.5 Å². The van der Waals surface area contributed by atoms with E-state index in [0.29, 0.717) is 4.99 Å². The molecule has 3 nitrogen and oxygen atoms in total. The number of pyridine rings is 1. The van der Waals surface area contributed by atoms with Gasteiger partial charge >= 0.3 is 0 Å². The zero-order valence-electron chi connectivity index (χ0n) is 7.27. The van der Waals surface area contributed by atoms with E-state index in [1.165, 1.54) is 0 Å². The molecule has 1 aromatic heterocycles. The first-order valence-electron chi connectivity index (χ1n) is 4.10. The number of benzene rings is 1. The van der Waals surface area contributed by atoms with Crippen molar-refractivity contribution >= 4 is 28.1 Å². The quantitative estimate of drug-likeness (QED) is 0.550. The molecule has 0 fully saturated rings. The smallest absolute Gasteiger partial charge is 0.130 e. The third-order valence-electron chi connectivity index (χ3n) is 1.97. The number of hydrogen-bond acceptors (Lipinski definition) is 3. The molecule has 0 radical (unpaired) electrons. The Kier molecular flexibility index (Phi) is 2.39. The van der Waals surface area contributed by atoms with E-state index in [1.54, 1.807) is 6.20 Å². The average Bonchev–Trinajstić information content (AvgIpc) is 2.27. The first-order chi connectivity index (χ1) is 6.81. The van der Waals surface area contributed by atoms with Crippen LogP contribution in [0.3, 0.4) is 0 Å². The molecule has 0 aliphatic heterocycles. The molecular formula is C10H8N2OS. The molecule has 1 aromatic carbocycles. The van der Waals surface area contributed by atoms with Gasteiger partial charge in [0.1, 0.15) is 4.99 Å². The van der Waals surface area contributed by atoms with Crippen LogP contribution in [0.25, 0.3) is 10.9 Å². The maximum atomic E-state index is 8.65. The second kappa shape index (κ2) is 3.69. The lowest BCUT2D eigenvalue weighted by molar-refractivity contribution is 0.238. The van der Waals surface area contributed by atoms with Gasteiger partial charge in [-0.05, 0) is 12.1 Å². The summed E-state index contributed by atoms with van der Waals surface area (Å²) in [7, 11) is 0. The topological polar surface area (TPSA) is 45.1 Å². The number of rotatable bonds is 1. The van der Waals surface area contributed by atoms with Crippen molar-refractivity contribution in [1.82, 2.24) is 10.5 Å². The minimum atomic E-state index is 0.303. The molecule has 0 saturated heterocycles. The van der Waals surface area contributed by atoms with Gasteiger partial charge in [-0.15, -0.1) is 0 Å². The predicted molar refractivity (Wildman–Crippen MR) is 58.4 cm³/mol. The van der Waals surface area contributed by atoms with Crippen molar-refractivity contribution in [3.63, 3.8) is 0 Å². The van der Waals surface area contributed by atoms with E-state index in [-0.39, 0.29) is 0 Å². The normalized spacial score (nSPS) is 10.1. The van der Waals surface area contributed by atoms with E-state index < -0.39 is 0 Å². The Balaban J connectivity index is 2.56. The molecule has 0 bridgehead atoms. The Labute approximate surface area is 86.4 Å². The summed E-state index contributed by atoms with van der Waals surface area (Å²) >= 11 is 4.90. The second-order valence-corrected chi connectivity index (χ2v) is 3.26. The Morgan fingerprint density at radius 3 is 3.00 bits per heavy atom. The fourth-order valence-electron chi connectivity index (χ4n) is 1.27. The van der Waals surface area contributed by atoms with Crippen molar-refractivity contribution in [3.05, 3.63) is 42.1 Å². The van der Waals surface area contributed by atoms with Crippen LogP contribution in [0.4, 0.5) is 0 Å². The predicted octanol–water partition coefficient (Wildman–Crippen LogP) is 1.89. The zero-order valence-corrected chi connectivity index (χ0v) is 8.08. The minimum absolute atomic E-state index is 0.303. The summed E-state index contributed by atoms with van der Waals surface area (Å²) in [5.74, 6) is 0. The number of thiocarbonyl (C=S) groups is 1. The number of nitrogens with zero attached hydrogens (tertiary/aromatic N) is 1. The Bertz CT molecular complexity index is 484. The lowest BCUT2D eigenvalue weighted by Crippen LogP contribution is -2.17. The van der Waals surface area contributed by atoms with Gasteiger partial charge in [0.2, 0.25) is 0 Å². The van der Waals surface area contributed by atoms with E-state index in [2.05, 4.69) is 4.98 Å². The molecule has 70 valence electrons. The first kappa shape index (κ1) is 9.05. The summed E-state index contributed by atoms with van der Waals surface area (Å²) in [6.45, 7) is 0. The molecule has 14 heavy (non-hydrogen) atoms. The minimum Gasteiger partial charge on any atom is -0.290 e. The first-order valence-corrected chi connectivity index (χ1v) is 4.51. The highest BCUT2D eigenvalue weighted by atomic mass is 32.1. The van der Waals surface area contributed by atoms with Gasteiger partial charge < -0.3 is 0 Å². The monoisotopic (exact) mass is 204 g/mol. The third-order valence-corrected chi connectivity index (χ3v) is 2.30. The van der Waals surface area contributed by atoms with Gasteiger partial charge in [0.05, 0.1) is 5.52 Å². The number of hydroxylamine groups is 1. The summed E-state index contributed by atoms with van der Waals surface area (Å²) in [6, 6.07) is 9.45. The molecule has 2 N–H and O–H groups in total. The largest absolute Gasteiger partial charge is 0.290 e. The van der Waals surface area contributed by atoms with Crippen LogP contribution in [-0.2, 0) is 0 Å². The molecule has 0 spiro atoms. The number of hydrogen-bond donors (Lipinski definition) is 2. The van der Waals surface area contributed by atoms with Crippen LogP contribution in [-0.4, -0.2) is 15.2 Å². The van der Waals surface area contributed by atoms with Gasteiger partial charge in [0, 0.05) is 17.1 Å². The maximum absolute atomic E-state index is 8.65. The van der Waals surface area contributed by atoms with Crippen LogP contribution in [0, 0.1) is 0 Å². The number of aromatic nitrogens is 1. The Morgan fingerprint density at radius 1 is 1.36 bits per heavy atom. The van der Waals surface area contributed by atoms with Crippen LogP contribution in [0.5, 0.6) is 0 Å². The van der Waals surface area contributed by atoms with Gasteiger partial charge in [0.15, 0.2) is 0 Å². The maximum Gasteiger partial charge on any atom is 0.130 e. The molecule has 2 rings (SSSR count). The molecule has 0 atom stereocenters. The highest BCUT2D eigenvalue weighted by Gasteiger charge is 2.00. The summed E-state index contributed by atoms with van der Waals surface area (Å²) in [5, 5.41) is 9.70. The molecule has 0 saturated carbocycles. The summed E-state index contributed by atoms with van der Waals surface area (Å²) in [4.78, 5) is 4.49. The highest BCUT2D eigenvalue weighted by Crippen LogP contribution is 2.13. The fraction of sp³-hybridized carbons (Fsp3) is 0. The highest BCUT2D eigenvalue weighted by molar-refractivity contribution is 7.80.